The van der Waals surface area contributed by atoms with E-state index < -0.39 is 34.4 Å². The first-order valence-electron chi connectivity index (χ1n) is 20.6. The molecule has 9 heteroatoms. The van der Waals surface area contributed by atoms with E-state index in [2.05, 4.69) is 72.6 Å². The van der Waals surface area contributed by atoms with Crippen LogP contribution in [0.25, 0.3) is 0 Å². The first-order chi connectivity index (χ1) is 24.9. The Morgan fingerprint density at radius 2 is 1.65 bits per heavy atom. The van der Waals surface area contributed by atoms with Gasteiger partial charge in [0.05, 0.1) is 34.2 Å². The van der Waals surface area contributed by atoms with Gasteiger partial charge in [-0.3, -0.25) is 19.4 Å². The number of ether oxygens (including phenoxy) is 1. The number of pyridine rings is 1. The van der Waals surface area contributed by atoms with Crippen LogP contribution in [-0.4, -0.2) is 51.7 Å². The minimum atomic E-state index is -1.17. The second kappa shape index (κ2) is 13.7. The number of rotatable bonds is 10. The number of nitrogens with one attached hydrogen (secondary N) is 1. The minimum absolute atomic E-state index is 0.0323. The van der Waals surface area contributed by atoms with Gasteiger partial charge in [-0.25, -0.2) is 0 Å². The molecular weight excluding hydrogens is 700 g/mol. The van der Waals surface area contributed by atoms with E-state index in [0.717, 1.165) is 62.6 Å². The Labute approximate surface area is 329 Å². The van der Waals surface area contributed by atoms with Crippen LogP contribution in [-0.2, 0) is 24.7 Å². The summed E-state index contributed by atoms with van der Waals surface area (Å²) in [5, 5.41) is 26.2. The SMILES string of the molecule is CC(C)C1=C2[C@H]3CCC4[C@@]5(C)CC[C@H](OC(=O)CC(C)(C)C(=O)O)C(C)(C)[C@@H]5CC[C@@]4(C)[C@]3(C)CC[C@@]2([C@H](O)CNC(C)(C)c2ccc(Cl)cn2)CC1=O. The van der Waals surface area contributed by atoms with Crippen LogP contribution in [0.3, 0.4) is 0 Å². The Morgan fingerprint density at radius 1 is 0.963 bits per heavy atom. The molecule has 4 saturated carbocycles. The predicted octanol–water partition coefficient (Wildman–Crippen LogP) is 9.31. The molecule has 0 saturated heterocycles. The van der Waals surface area contributed by atoms with Gasteiger partial charge in [-0.15, -0.1) is 0 Å². The molecule has 0 aromatic carbocycles. The molecule has 0 aliphatic heterocycles. The Hall–Kier alpha value is -2.29. The number of hydrogen-bond donors (Lipinski definition) is 3. The largest absolute Gasteiger partial charge is 0.481 e. The first-order valence-corrected chi connectivity index (χ1v) is 21.0. The first kappa shape index (κ1) is 41.3. The maximum Gasteiger partial charge on any atom is 0.309 e. The zero-order valence-corrected chi connectivity index (χ0v) is 35.6. The van der Waals surface area contributed by atoms with E-state index in [9.17, 15) is 24.6 Å². The lowest BCUT2D eigenvalue weighted by Gasteiger charge is -2.72. The highest BCUT2D eigenvalue weighted by Crippen LogP contribution is 2.77. The fourth-order valence-corrected chi connectivity index (χ4v) is 13.4. The fraction of sp³-hybridized carbons (Fsp3) is 0.778. The van der Waals surface area contributed by atoms with Crippen molar-refractivity contribution in [1.29, 1.82) is 0 Å². The molecule has 300 valence electrons. The molecule has 1 aromatic heterocycles. The van der Waals surface area contributed by atoms with Gasteiger partial charge in [0.2, 0.25) is 0 Å². The Bertz CT molecular complexity index is 1700. The summed E-state index contributed by atoms with van der Waals surface area (Å²) in [6.45, 7) is 24.1. The van der Waals surface area contributed by atoms with Crippen LogP contribution >= 0.6 is 11.6 Å². The van der Waals surface area contributed by atoms with E-state index in [-0.39, 0.29) is 51.8 Å². The van der Waals surface area contributed by atoms with Crippen LogP contribution in [0.15, 0.2) is 29.5 Å². The number of ketones is 1. The number of halogens is 1. The van der Waals surface area contributed by atoms with Gasteiger partial charge in [0, 0.05) is 30.0 Å². The van der Waals surface area contributed by atoms with E-state index in [1.165, 1.54) is 5.57 Å². The van der Waals surface area contributed by atoms with Crippen molar-refractivity contribution in [2.45, 2.75) is 158 Å². The predicted molar refractivity (Wildman–Crippen MR) is 212 cm³/mol. The number of carbonyl (C=O) groups excluding carboxylic acids is 2. The van der Waals surface area contributed by atoms with Crippen LogP contribution in [0.4, 0.5) is 0 Å². The van der Waals surface area contributed by atoms with Crippen molar-refractivity contribution in [3.05, 3.63) is 40.2 Å². The third-order valence-corrected chi connectivity index (χ3v) is 16.8. The van der Waals surface area contributed by atoms with Crippen LogP contribution in [0.2, 0.25) is 5.02 Å². The molecule has 1 heterocycles. The van der Waals surface area contributed by atoms with Gasteiger partial charge >= 0.3 is 11.9 Å². The zero-order chi connectivity index (χ0) is 40.0. The minimum Gasteiger partial charge on any atom is -0.481 e. The van der Waals surface area contributed by atoms with Crippen molar-refractivity contribution in [1.82, 2.24) is 10.3 Å². The quantitative estimate of drug-likeness (QED) is 0.201. The van der Waals surface area contributed by atoms with Gasteiger partial charge in [0.25, 0.3) is 0 Å². The lowest BCUT2D eigenvalue weighted by Crippen LogP contribution is -2.66. The highest BCUT2D eigenvalue weighted by Gasteiger charge is 2.70. The molecule has 5 aliphatic carbocycles. The Morgan fingerprint density at radius 3 is 2.26 bits per heavy atom. The lowest BCUT2D eigenvalue weighted by molar-refractivity contribution is -0.235. The van der Waals surface area contributed by atoms with Crippen molar-refractivity contribution in [2.24, 2.45) is 56.2 Å². The third-order valence-electron chi connectivity index (χ3n) is 16.6. The van der Waals surface area contributed by atoms with Gasteiger partial charge in [-0.2, -0.15) is 0 Å². The molecule has 5 aliphatic rings. The van der Waals surface area contributed by atoms with Gasteiger partial charge in [-0.05, 0) is 137 Å². The van der Waals surface area contributed by atoms with Gasteiger partial charge in [0.15, 0.2) is 5.78 Å². The molecule has 8 nitrogen and oxygen atoms in total. The van der Waals surface area contributed by atoms with Crippen molar-refractivity contribution in [2.75, 3.05) is 6.54 Å². The topological polar surface area (TPSA) is 126 Å². The highest BCUT2D eigenvalue weighted by atomic mass is 35.5. The summed E-state index contributed by atoms with van der Waals surface area (Å²) in [7, 11) is 0. The summed E-state index contributed by atoms with van der Waals surface area (Å²) in [6.07, 6.45) is 8.59. The number of carboxylic acids is 1. The lowest BCUT2D eigenvalue weighted by atomic mass is 9.33. The van der Waals surface area contributed by atoms with Crippen molar-refractivity contribution >= 4 is 29.3 Å². The van der Waals surface area contributed by atoms with E-state index >= 15 is 0 Å². The summed E-state index contributed by atoms with van der Waals surface area (Å²) in [6, 6.07) is 3.76. The molecule has 9 atom stereocenters. The fourth-order valence-electron chi connectivity index (χ4n) is 13.3. The smallest absolute Gasteiger partial charge is 0.309 e. The number of aliphatic carboxylic acids is 1. The number of aliphatic hydroxyl groups is 1. The number of fused-ring (bicyclic) bond motifs is 7. The molecule has 0 bridgehead atoms. The number of aromatic nitrogens is 1. The second-order valence-corrected chi connectivity index (χ2v) is 21.4. The average molecular weight is 767 g/mol. The van der Waals surface area contributed by atoms with Gasteiger partial charge < -0.3 is 20.3 Å². The summed E-state index contributed by atoms with van der Waals surface area (Å²) in [4.78, 5) is 43.6. The number of hydrogen-bond acceptors (Lipinski definition) is 7. The number of aliphatic hydroxyl groups excluding tert-OH is 1. The van der Waals surface area contributed by atoms with Crippen molar-refractivity contribution < 1.29 is 29.3 Å². The van der Waals surface area contributed by atoms with Crippen molar-refractivity contribution in [3.63, 3.8) is 0 Å². The molecule has 3 N–H and O–H groups in total. The summed E-state index contributed by atoms with van der Waals surface area (Å²) >= 11 is 6.13. The maximum atomic E-state index is 14.1. The number of carboxylic acid groups (broad SMARTS) is 1. The molecular formula is C45H67ClN2O6. The third kappa shape index (κ3) is 6.31. The van der Waals surface area contributed by atoms with Crippen LogP contribution in [0.5, 0.6) is 0 Å². The Balaban J connectivity index is 1.27. The molecule has 4 fully saturated rings. The van der Waals surface area contributed by atoms with Crippen LogP contribution in [0, 0.1) is 56.2 Å². The molecule has 0 radical (unpaired) electrons. The number of Topliss-reactive ketones (excluding diaryl/α,β-unsaturated/α-hetero) is 1. The molecule has 1 unspecified atom stereocenters. The molecule has 0 amide bonds. The van der Waals surface area contributed by atoms with E-state index in [1.54, 1.807) is 20.0 Å². The molecule has 0 spiro atoms. The molecule has 6 rings (SSSR count). The van der Waals surface area contributed by atoms with Crippen molar-refractivity contribution in [3.8, 4) is 0 Å². The maximum absolute atomic E-state index is 14.1. The molecule has 54 heavy (non-hydrogen) atoms. The van der Waals surface area contributed by atoms with Crippen LogP contribution < -0.4 is 5.32 Å². The zero-order valence-electron chi connectivity index (χ0n) is 34.8. The number of esters is 1. The van der Waals surface area contributed by atoms with E-state index in [1.807, 2.05) is 12.1 Å². The van der Waals surface area contributed by atoms with Crippen LogP contribution in [0.1, 0.15) is 146 Å². The van der Waals surface area contributed by atoms with E-state index in [0.29, 0.717) is 29.8 Å². The standard InChI is InChI=1S/C45H67ClN2O6/c1-26(2)36-29(49)22-45(33(50)25-48-41(7,8)32-15-12-27(46)24-47-32)21-20-43(10)28(37(36)45)13-14-31-42(9)18-17-34(54-35(51)23-39(3,4)38(52)53)40(5,6)30(42)16-19-44(31,43)11/h12,15,24,26,28,30-31,33-34,48,50H,13-14,16-23,25H2,1-11H3,(H,52,53)/t28-,30+,31?,33-,34+,42+,43-,44-,45+/m1/s1. The number of allylic oxidation sites excluding steroid dienone is 1. The summed E-state index contributed by atoms with van der Waals surface area (Å²) in [5.41, 5.74) is 0.618. The van der Waals surface area contributed by atoms with Gasteiger partial charge in [0.1, 0.15) is 6.10 Å². The average Bonchev–Trinajstić information content (AvgIpc) is 3.38. The summed E-state index contributed by atoms with van der Waals surface area (Å²) in [5.74, 6) is -0.0675. The second-order valence-electron chi connectivity index (χ2n) is 20.9. The highest BCUT2D eigenvalue weighted by molar-refractivity contribution is 6.30. The summed E-state index contributed by atoms with van der Waals surface area (Å²) < 4.78 is 6.17. The van der Waals surface area contributed by atoms with E-state index in [4.69, 9.17) is 16.3 Å². The number of nitrogens with zero attached hydrogens (tertiary/aromatic N) is 1. The number of carbonyl (C=O) groups is 3. The monoisotopic (exact) mass is 766 g/mol. The Kier molecular flexibility index (Phi) is 10.5. The van der Waals surface area contributed by atoms with Gasteiger partial charge in [-0.1, -0.05) is 65.6 Å². The molecule has 1 aromatic rings. The normalized spacial score (nSPS) is 36.9.